The van der Waals surface area contributed by atoms with Gasteiger partial charge in [-0.25, -0.2) is 4.39 Å². The number of carbonyl (C=O) groups is 1. The molecule has 0 aromatic heterocycles. The van der Waals surface area contributed by atoms with Crippen LogP contribution in [0.1, 0.15) is 19.3 Å². The lowest BCUT2D eigenvalue weighted by molar-refractivity contribution is -0.141. The van der Waals surface area contributed by atoms with E-state index in [1.54, 1.807) is 0 Å². The fraction of sp³-hybridized carbons (Fsp3) is 0.857. The van der Waals surface area contributed by atoms with Gasteiger partial charge in [-0.05, 0) is 19.3 Å². The summed E-state index contributed by atoms with van der Waals surface area (Å²) in [6.07, 6.45) is 0.794. The zero-order chi connectivity index (χ0) is 8.48. The molecule has 0 saturated heterocycles. The molecule has 3 N–H and O–H groups in total. The van der Waals surface area contributed by atoms with Crippen molar-refractivity contribution in [2.45, 2.75) is 24.9 Å². The first-order chi connectivity index (χ1) is 5.07. The lowest BCUT2D eigenvalue weighted by Crippen LogP contribution is -2.30. The van der Waals surface area contributed by atoms with E-state index < -0.39 is 17.6 Å². The first-order valence-corrected chi connectivity index (χ1v) is 3.69. The smallest absolute Gasteiger partial charge is 0.306 e. The number of carboxylic acids is 1. The molecule has 2 atom stereocenters. The van der Waals surface area contributed by atoms with Gasteiger partial charge in [0.15, 0.2) is 0 Å². The van der Waals surface area contributed by atoms with Crippen molar-refractivity contribution in [2.24, 2.45) is 11.7 Å². The van der Waals surface area contributed by atoms with Gasteiger partial charge >= 0.3 is 5.97 Å². The average Bonchev–Trinajstić information content (AvgIpc) is 2.33. The quantitative estimate of drug-likeness (QED) is 0.621. The van der Waals surface area contributed by atoms with E-state index in [1.807, 2.05) is 0 Å². The molecule has 1 aliphatic rings. The second-order valence-electron chi connectivity index (χ2n) is 3.13. The zero-order valence-corrected chi connectivity index (χ0v) is 6.22. The molecule has 0 radical (unpaired) electrons. The first-order valence-electron chi connectivity index (χ1n) is 3.69. The van der Waals surface area contributed by atoms with Crippen LogP contribution in [0.15, 0.2) is 0 Å². The fourth-order valence-corrected chi connectivity index (χ4v) is 1.47. The number of rotatable bonds is 2. The highest BCUT2D eigenvalue weighted by Gasteiger charge is 2.41. The largest absolute Gasteiger partial charge is 0.481 e. The van der Waals surface area contributed by atoms with Gasteiger partial charge in [-0.15, -0.1) is 0 Å². The molecule has 0 aromatic rings. The number of hydrogen-bond donors (Lipinski definition) is 2. The Labute approximate surface area is 64.4 Å². The normalized spacial score (nSPS) is 37.5. The van der Waals surface area contributed by atoms with Crippen molar-refractivity contribution in [1.29, 1.82) is 0 Å². The van der Waals surface area contributed by atoms with Crippen molar-refractivity contribution in [3.8, 4) is 0 Å². The van der Waals surface area contributed by atoms with Gasteiger partial charge in [-0.2, -0.15) is 0 Å². The van der Waals surface area contributed by atoms with Crippen molar-refractivity contribution in [3.63, 3.8) is 0 Å². The highest BCUT2D eigenvalue weighted by Crippen LogP contribution is 2.36. The van der Waals surface area contributed by atoms with Crippen LogP contribution in [0.25, 0.3) is 0 Å². The Morgan fingerprint density at radius 1 is 1.82 bits per heavy atom. The van der Waals surface area contributed by atoms with Gasteiger partial charge in [0, 0.05) is 6.54 Å². The van der Waals surface area contributed by atoms with E-state index in [1.165, 1.54) is 0 Å². The van der Waals surface area contributed by atoms with E-state index in [9.17, 15) is 9.18 Å². The summed E-state index contributed by atoms with van der Waals surface area (Å²) >= 11 is 0. The number of hydrogen-bond acceptors (Lipinski definition) is 2. The molecule has 1 saturated carbocycles. The summed E-state index contributed by atoms with van der Waals surface area (Å²) in [5, 5.41) is 8.53. The van der Waals surface area contributed by atoms with Gasteiger partial charge in [-0.3, -0.25) is 4.79 Å². The monoisotopic (exact) mass is 161 g/mol. The van der Waals surface area contributed by atoms with E-state index in [0.717, 1.165) is 0 Å². The predicted molar refractivity (Wildman–Crippen MR) is 37.9 cm³/mol. The van der Waals surface area contributed by atoms with Crippen LogP contribution >= 0.6 is 0 Å². The summed E-state index contributed by atoms with van der Waals surface area (Å²) in [6, 6.07) is 0. The molecule has 1 aliphatic carbocycles. The van der Waals surface area contributed by atoms with Crippen LogP contribution in [0, 0.1) is 5.92 Å². The topological polar surface area (TPSA) is 63.3 Å². The highest BCUT2D eigenvalue weighted by atomic mass is 19.1. The molecule has 0 unspecified atom stereocenters. The molecule has 0 heterocycles. The van der Waals surface area contributed by atoms with Gasteiger partial charge in [0.05, 0.1) is 5.92 Å². The summed E-state index contributed by atoms with van der Waals surface area (Å²) in [4.78, 5) is 10.4. The summed E-state index contributed by atoms with van der Waals surface area (Å²) in [5.74, 6) is -1.43. The third-order valence-electron chi connectivity index (χ3n) is 2.27. The second-order valence-corrected chi connectivity index (χ2v) is 3.13. The standard InChI is InChI=1S/C7H12FNO2/c8-7(4-9)2-1-5(3-7)6(10)11/h5H,1-4,9H2,(H,10,11)/t5-,7+/m1/s1. The van der Waals surface area contributed by atoms with Crippen LogP contribution in [0.3, 0.4) is 0 Å². The van der Waals surface area contributed by atoms with Crippen molar-refractivity contribution in [2.75, 3.05) is 6.54 Å². The van der Waals surface area contributed by atoms with Crippen molar-refractivity contribution < 1.29 is 14.3 Å². The molecule has 0 aliphatic heterocycles. The molecule has 0 bridgehead atoms. The molecule has 4 heteroatoms. The lowest BCUT2D eigenvalue weighted by atomic mass is 10.0. The van der Waals surface area contributed by atoms with Crippen molar-refractivity contribution in [3.05, 3.63) is 0 Å². The number of carboxylic acid groups (broad SMARTS) is 1. The minimum Gasteiger partial charge on any atom is -0.481 e. The molecular weight excluding hydrogens is 149 g/mol. The van der Waals surface area contributed by atoms with Gasteiger partial charge < -0.3 is 10.8 Å². The lowest BCUT2D eigenvalue weighted by Gasteiger charge is -2.15. The van der Waals surface area contributed by atoms with Crippen molar-refractivity contribution >= 4 is 5.97 Å². The van der Waals surface area contributed by atoms with E-state index in [-0.39, 0.29) is 13.0 Å². The van der Waals surface area contributed by atoms with Crippen LogP contribution in [-0.4, -0.2) is 23.3 Å². The van der Waals surface area contributed by atoms with Crippen LogP contribution in [-0.2, 0) is 4.79 Å². The van der Waals surface area contributed by atoms with Gasteiger partial charge in [0.25, 0.3) is 0 Å². The molecule has 1 fully saturated rings. The number of aliphatic carboxylic acids is 1. The Balaban J connectivity index is 2.53. The molecule has 0 aromatic carbocycles. The van der Waals surface area contributed by atoms with E-state index in [4.69, 9.17) is 10.8 Å². The van der Waals surface area contributed by atoms with E-state index in [0.29, 0.717) is 12.8 Å². The molecule has 0 amide bonds. The summed E-state index contributed by atoms with van der Waals surface area (Å²) in [7, 11) is 0. The Morgan fingerprint density at radius 3 is 2.73 bits per heavy atom. The number of nitrogens with two attached hydrogens (primary N) is 1. The molecule has 11 heavy (non-hydrogen) atoms. The third kappa shape index (κ3) is 1.68. The van der Waals surface area contributed by atoms with E-state index in [2.05, 4.69) is 0 Å². The minimum atomic E-state index is -1.41. The van der Waals surface area contributed by atoms with E-state index >= 15 is 0 Å². The Kier molecular flexibility index (Phi) is 2.13. The first kappa shape index (κ1) is 8.46. The van der Waals surface area contributed by atoms with Gasteiger partial charge in [0.2, 0.25) is 0 Å². The maximum absolute atomic E-state index is 13.3. The molecular formula is C7H12FNO2. The second kappa shape index (κ2) is 2.77. The maximum Gasteiger partial charge on any atom is 0.306 e. The number of halogens is 1. The van der Waals surface area contributed by atoms with Crippen LogP contribution in [0.5, 0.6) is 0 Å². The molecule has 1 rings (SSSR count). The van der Waals surface area contributed by atoms with Crippen molar-refractivity contribution in [1.82, 2.24) is 0 Å². The summed E-state index contributed by atoms with van der Waals surface area (Å²) < 4.78 is 13.3. The molecule has 64 valence electrons. The van der Waals surface area contributed by atoms with Crippen LogP contribution in [0.4, 0.5) is 4.39 Å². The molecule has 3 nitrogen and oxygen atoms in total. The van der Waals surface area contributed by atoms with Gasteiger partial charge in [-0.1, -0.05) is 0 Å². The highest BCUT2D eigenvalue weighted by molar-refractivity contribution is 5.70. The summed E-state index contributed by atoms with van der Waals surface area (Å²) in [6.45, 7) is -0.0587. The summed E-state index contributed by atoms with van der Waals surface area (Å²) in [5.41, 5.74) is 3.75. The van der Waals surface area contributed by atoms with Gasteiger partial charge in [0.1, 0.15) is 5.67 Å². The SMILES string of the molecule is NC[C@]1(F)CC[C@@H](C(=O)O)C1. The number of alkyl halides is 1. The predicted octanol–water partition coefficient (Wildman–Crippen LogP) is 0.538. The Hall–Kier alpha value is -0.640. The third-order valence-corrected chi connectivity index (χ3v) is 2.27. The molecule has 0 spiro atoms. The van der Waals surface area contributed by atoms with Crippen LogP contribution < -0.4 is 5.73 Å². The Bertz CT molecular complexity index is 174. The fourth-order valence-electron chi connectivity index (χ4n) is 1.47. The minimum absolute atomic E-state index is 0.0587. The Morgan fingerprint density at radius 2 is 2.45 bits per heavy atom. The zero-order valence-electron chi connectivity index (χ0n) is 6.22. The maximum atomic E-state index is 13.3. The average molecular weight is 161 g/mol. The van der Waals surface area contributed by atoms with Crippen LogP contribution in [0.2, 0.25) is 0 Å².